The van der Waals surface area contributed by atoms with E-state index in [1.165, 1.54) is 11.1 Å². The number of aryl methyl sites for hydroxylation is 1. The molecule has 0 spiro atoms. The monoisotopic (exact) mass is 379 g/mol. The maximum absolute atomic E-state index is 12.9. The van der Waals surface area contributed by atoms with Gasteiger partial charge in [0.2, 0.25) is 0 Å². The van der Waals surface area contributed by atoms with Gasteiger partial charge in [-0.15, -0.1) is 0 Å². The predicted octanol–water partition coefficient (Wildman–Crippen LogP) is 5.14. The first-order valence-electron chi connectivity index (χ1n) is 10.5. The zero-order chi connectivity index (χ0) is 19.8. The molecule has 148 valence electrons. The Balaban J connectivity index is 1.56. The van der Waals surface area contributed by atoms with Crippen molar-refractivity contribution in [3.63, 3.8) is 0 Å². The number of hydrogen-bond acceptors (Lipinski definition) is 3. The molecule has 1 aromatic carbocycles. The molecular weight excluding hydrogens is 350 g/mol. The number of nitrogens with one attached hydrogen (secondary N) is 1. The van der Waals surface area contributed by atoms with Crippen LogP contribution in [0.3, 0.4) is 0 Å². The molecule has 1 N–H and O–H groups in total. The highest BCUT2D eigenvalue weighted by atomic mass is 16.5. The number of esters is 1. The number of hydrogen-bond donors (Lipinski definition) is 1. The molecule has 0 radical (unpaired) electrons. The van der Waals surface area contributed by atoms with Gasteiger partial charge in [-0.3, -0.25) is 4.79 Å². The van der Waals surface area contributed by atoms with E-state index >= 15 is 0 Å². The van der Waals surface area contributed by atoms with Crippen molar-refractivity contribution in [2.45, 2.75) is 71.3 Å². The number of H-pyrrole nitrogens is 1. The SMILES string of the molecule is CCc1ccc([C@@H]2CC(=O)c3c([nH]c(C(=O)O[C@H]4CCC[C@H]4C)c3C)C2)cc1. The Morgan fingerprint density at radius 1 is 1.18 bits per heavy atom. The molecule has 2 aliphatic rings. The molecule has 0 amide bonds. The molecule has 0 unspecified atom stereocenters. The third kappa shape index (κ3) is 3.41. The molecule has 1 fully saturated rings. The second-order valence-corrected chi connectivity index (χ2v) is 8.45. The van der Waals surface area contributed by atoms with E-state index in [0.717, 1.165) is 43.4 Å². The van der Waals surface area contributed by atoms with Crippen molar-refractivity contribution in [1.82, 2.24) is 4.98 Å². The largest absolute Gasteiger partial charge is 0.457 e. The number of carbonyl (C=O) groups is 2. The molecule has 1 saturated carbocycles. The summed E-state index contributed by atoms with van der Waals surface area (Å²) in [6, 6.07) is 8.55. The van der Waals surface area contributed by atoms with E-state index in [0.29, 0.717) is 23.6 Å². The lowest BCUT2D eigenvalue weighted by molar-refractivity contribution is 0.0219. The molecule has 3 atom stereocenters. The molecule has 1 heterocycles. The van der Waals surface area contributed by atoms with Crippen LogP contribution in [0.1, 0.15) is 88.7 Å². The molecule has 1 aromatic heterocycles. The summed E-state index contributed by atoms with van der Waals surface area (Å²) in [5, 5.41) is 0. The number of ketones is 1. The Hall–Kier alpha value is -2.36. The van der Waals surface area contributed by atoms with Gasteiger partial charge in [0.05, 0.1) is 0 Å². The summed E-state index contributed by atoms with van der Waals surface area (Å²) < 4.78 is 5.76. The Bertz CT molecular complexity index is 893. The van der Waals surface area contributed by atoms with Crippen molar-refractivity contribution >= 4 is 11.8 Å². The van der Waals surface area contributed by atoms with Crippen molar-refractivity contribution in [3.8, 4) is 0 Å². The molecular formula is C24H29NO3. The van der Waals surface area contributed by atoms with Crippen molar-refractivity contribution in [2.75, 3.05) is 0 Å². The van der Waals surface area contributed by atoms with Gasteiger partial charge in [0.15, 0.2) is 5.78 Å². The van der Waals surface area contributed by atoms with Crippen LogP contribution < -0.4 is 0 Å². The fourth-order valence-corrected chi connectivity index (χ4v) is 4.78. The molecule has 2 aromatic rings. The van der Waals surface area contributed by atoms with E-state index in [1.807, 2.05) is 6.92 Å². The van der Waals surface area contributed by atoms with Gasteiger partial charge < -0.3 is 9.72 Å². The number of fused-ring (bicyclic) bond motifs is 1. The quantitative estimate of drug-likeness (QED) is 0.748. The van der Waals surface area contributed by atoms with Crippen molar-refractivity contribution in [2.24, 2.45) is 5.92 Å². The number of aromatic nitrogens is 1. The first-order chi connectivity index (χ1) is 13.5. The van der Waals surface area contributed by atoms with Crippen molar-refractivity contribution in [1.29, 1.82) is 0 Å². The average Bonchev–Trinajstić information content (AvgIpc) is 3.25. The topological polar surface area (TPSA) is 59.2 Å². The minimum atomic E-state index is -0.317. The Kier molecular flexibility index (Phi) is 5.13. The summed E-state index contributed by atoms with van der Waals surface area (Å²) in [5.74, 6) is 0.365. The highest BCUT2D eigenvalue weighted by Crippen LogP contribution is 2.36. The maximum Gasteiger partial charge on any atom is 0.355 e. The smallest absolute Gasteiger partial charge is 0.355 e. The number of Topliss-reactive ketones (excluding diaryl/α,β-unsaturated/α-hetero) is 1. The lowest BCUT2D eigenvalue weighted by Gasteiger charge is -2.22. The van der Waals surface area contributed by atoms with Gasteiger partial charge in [-0.1, -0.05) is 38.1 Å². The highest BCUT2D eigenvalue weighted by Gasteiger charge is 2.34. The fraction of sp³-hybridized carbons (Fsp3) is 0.500. The molecule has 4 rings (SSSR count). The van der Waals surface area contributed by atoms with Gasteiger partial charge in [0.25, 0.3) is 0 Å². The third-order valence-electron chi connectivity index (χ3n) is 6.59. The Morgan fingerprint density at radius 3 is 2.57 bits per heavy atom. The molecule has 0 aliphatic heterocycles. The number of rotatable bonds is 4. The van der Waals surface area contributed by atoms with E-state index in [9.17, 15) is 9.59 Å². The second kappa shape index (κ2) is 7.57. The molecule has 4 heteroatoms. The van der Waals surface area contributed by atoms with E-state index in [-0.39, 0.29) is 23.8 Å². The van der Waals surface area contributed by atoms with Crippen LogP contribution in [0.2, 0.25) is 0 Å². The molecule has 28 heavy (non-hydrogen) atoms. The lowest BCUT2D eigenvalue weighted by atomic mass is 9.81. The van der Waals surface area contributed by atoms with E-state index in [2.05, 4.69) is 43.1 Å². The average molecular weight is 380 g/mol. The fourth-order valence-electron chi connectivity index (χ4n) is 4.78. The molecule has 4 nitrogen and oxygen atoms in total. The minimum Gasteiger partial charge on any atom is -0.457 e. The summed E-state index contributed by atoms with van der Waals surface area (Å²) in [6.45, 7) is 6.13. The van der Waals surface area contributed by atoms with E-state index in [4.69, 9.17) is 4.74 Å². The molecule has 0 bridgehead atoms. The van der Waals surface area contributed by atoms with Gasteiger partial charge in [-0.25, -0.2) is 4.79 Å². The maximum atomic E-state index is 12.9. The standard InChI is InChI=1S/C24H29NO3/c1-4-16-8-10-17(11-9-16)18-12-19-22(20(26)13-18)15(3)23(25-19)24(27)28-21-7-5-6-14(21)2/h8-11,14,18,21,25H,4-7,12-13H2,1-3H3/t14-,18+,21+/m1/s1. The number of benzene rings is 1. The number of aromatic amines is 1. The van der Waals surface area contributed by atoms with Gasteiger partial charge in [0.1, 0.15) is 11.8 Å². The second-order valence-electron chi connectivity index (χ2n) is 8.45. The molecule has 2 aliphatic carbocycles. The van der Waals surface area contributed by atoms with Crippen LogP contribution in [0.5, 0.6) is 0 Å². The molecule has 0 saturated heterocycles. The van der Waals surface area contributed by atoms with Crippen LogP contribution in [-0.2, 0) is 17.6 Å². The summed E-state index contributed by atoms with van der Waals surface area (Å²) >= 11 is 0. The van der Waals surface area contributed by atoms with Crippen LogP contribution in [0.15, 0.2) is 24.3 Å². The number of ether oxygens (including phenoxy) is 1. The van der Waals surface area contributed by atoms with Crippen molar-refractivity contribution in [3.05, 3.63) is 57.9 Å². The Labute approximate surface area is 166 Å². The normalized spacial score (nSPS) is 24.2. The van der Waals surface area contributed by atoms with Crippen LogP contribution in [0.4, 0.5) is 0 Å². The zero-order valence-electron chi connectivity index (χ0n) is 17.0. The number of carbonyl (C=O) groups excluding carboxylic acids is 2. The van der Waals surface area contributed by atoms with Crippen LogP contribution in [0.25, 0.3) is 0 Å². The van der Waals surface area contributed by atoms with Gasteiger partial charge >= 0.3 is 5.97 Å². The summed E-state index contributed by atoms with van der Waals surface area (Å²) in [6.07, 6.45) is 5.39. The van der Waals surface area contributed by atoms with Crippen LogP contribution in [-0.4, -0.2) is 22.8 Å². The van der Waals surface area contributed by atoms with E-state index in [1.54, 1.807) is 0 Å². The summed E-state index contributed by atoms with van der Waals surface area (Å²) in [4.78, 5) is 28.9. The van der Waals surface area contributed by atoms with Gasteiger partial charge in [-0.05, 0) is 67.6 Å². The lowest BCUT2D eigenvalue weighted by Crippen LogP contribution is -2.21. The highest BCUT2D eigenvalue weighted by molar-refractivity contribution is 6.03. The van der Waals surface area contributed by atoms with Crippen LogP contribution >= 0.6 is 0 Å². The van der Waals surface area contributed by atoms with E-state index < -0.39 is 0 Å². The van der Waals surface area contributed by atoms with Gasteiger partial charge in [0, 0.05) is 17.7 Å². The third-order valence-corrected chi connectivity index (χ3v) is 6.59. The Morgan fingerprint density at radius 2 is 1.93 bits per heavy atom. The summed E-state index contributed by atoms with van der Waals surface area (Å²) in [5.41, 5.74) is 5.27. The van der Waals surface area contributed by atoms with Crippen molar-refractivity contribution < 1.29 is 14.3 Å². The first-order valence-corrected chi connectivity index (χ1v) is 10.5. The predicted molar refractivity (Wildman–Crippen MR) is 109 cm³/mol. The zero-order valence-corrected chi connectivity index (χ0v) is 17.0. The first kappa shape index (κ1) is 19.0. The van der Waals surface area contributed by atoms with Crippen LogP contribution in [0, 0.1) is 12.8 Å². The minimum absolute atomic E-state index is 0.00671. The summed E-state index contributed by atoms with van der Waals surface area (Å²) in [7, 11) is 0. The van der Waals surface area contributed by atoms with Gasteiger partial charge in [-0.2, -0.15) is 0 Å².